The summed E-state index contributed by atoms with van der Waals surface area (Å²) in [6, 6.07) is 11.8. The topological polar surface area (TPSA) is 76.1 Å². The molecule has 1 N–H and O–H groups in total. The van der Waals surface area contributed by atoms with Crippen LogP contribution in [0.2, 0.25) is 0 Å². The first-order chi connectivity index (χ1) is 12.5. The van der Waals surface area contributed by atoms with Crippen molar-refractivity contribution in [3.05, 3.63) is 53.6 Å². The zero-order valence-electron chi connectivity index (χ0n) is 15.0. The number of nitrogens with zero attached hydrogens (tertiary/aromatic N) is 1. The van der Waals surface area contributed by atoms with Gasteiger partial charge < -0.3 is 19.5 Å². The van der Waals surface area contributed by atoms with E-state index in [-0.39, 0.29) is 12.2 Å². The van der Waals surface area contributed by atoms with Gasteiger partial charge in [0.25, 0.3) is 5.91 Å². The van der Waals surface area contributed by atoms with E-state index >= 15 is 0 Å². The number of hydrogen-bond acceptors (Lipinski definition) is 5. The maximum absolute atomic E-state index is 12.9. The van der Waals surface area contributed by atoms with Gasteiger partial charge in [-0.05, 0) is 25.1 Å². The third-order valence-electron chi connectivity index (χ3n) is 4.68. The lowest BCUT2D eigenvalue weighted by Crippen LogP contribution is -2.41. The number of anilines is 1. The molecule has 0 aromatic heterocycles. The Labute approximate surface area is 152 Å². The Morgan fingerprint density at radius 1 is 1.15 bits per heavy atom. The van der Waals surface area contributed by atoms with Gasteiger partial charge in [-0.3, -0.25) is 9.59 Å². The molecule has 6 nitrogen and oxygen atoms in total. The molecule has 1 heterocycles. The first-order valence-electron chi connectivity index (χ1n) is 8.35. The fourth-order valence-corrected chi connectivity index (χ4v) is 3.35. The highest BCUT2D eigenvalue weighted by atomic mass is 16.5. The van der Waals surface area contributed by atoms with Crippen molar-refractivity contribution in [2.45, 2.75) is 18.9 Å². The summed E-state index contributed by atoms with van der Waals surface area (Å²) in [5.41, 5.74) is -0.499. The number of hydrogen-bond donors (Lipinski definition) is 1. The summed E-state index contributed by atoms with van der Waals surface area (Å²) in [7, 11) is 2.97. The molecule has 0 radical (unpaired) electrons. The quantitative estimate of drug-likeness (QED) is 0.806. The Bertz CT molecular complexity index is 863. The number of Topliss-reactive ketones (excluding diaryl/α,β-unsaturated/α-hetero) is 1. The van der Waals surface area contributed by atoms with Crippen molar-refractivity contribution >= 4 is 17.4 Å². The Balaban J connectivity index is 1.98. The van der Waals surface area contributed by atoms with Gasteiger partial charge in [0.2, 0.25) is 0 Å². The zero-order valence-corrected chi connectivity index (χ0v) is 15.0. The van der Waals surface area contributed by atoms with Crippen molar-refractivity contribution in [3.8, 4) is 11.5 Å². The van der Waals surface area contributed by atoms with Crippen LogP contribution in [0.4, 0.5) is 5.69 Å². The van der Waals surface area contributed by atoms with Gasteiger partial charge in [0.15, 0.2) is 11.4 Å². The van der Waals surface area contributed by atoms with Crippen molar-refractivity contribution in [2.24, 2.45) is 0 Å². The van der Waals surface area contributed by atoms with Crippen LogP contribution in [0, 0.1) is 0 Å². The highest BCUT2D eigenvalue weighted by molar-refractivity contribution is 6.11. The van der Waals surface area contributed by atoms with E-state index in [1.807, 2.05) is 6.92 Å². The van der Waals surface area contributed by atoms with Crippen LogP contribution in [0.25, 0.3) is 0 Å². The van der Waals surface area contributed by atoms with Gasteiger partial charge in [0, 0.05) is 18.2 Å². The second-order valence-corrected chi connectivity index (χ2v) is 6.09. The number of fused-ring (bicyclic) bond motifs is 1. The number of benzene rings is 2. The van der Waals surface area contributed by atoms with E-state index in [9.17, 15) is 14.7 Å². The number of para-hydroxylation sites is 1. The summed E-state index contributed by atoms with van der Waals surface area (Å²) in [5, 5.41) is 11.1. The molecule has 1 atom stereocenters. The molecule has 1 aliphatic rings. The first kappa shape index (κ1) is 17.9. The van der Waals surface area contributed by atoms with E-state index in [0.717, 1.165) is 0 Å². The lowest BCUT2D eigenvalue weighted by molar-refractivity contribution is -0.135. The Hall–Kier alpha value is -2.86. The molecule has 0 aliphatic carbocycles. The summed E-state index contributed by atoms with van der Waals surface area (Å²) in [6.07, 6.45) is -0.359. The van der Waals surface area contributed by atoms with E-state index in [2.05, 4.69) is 0 Å². The standard InChI is InChI=1S/C20H21NO5/c1-4-21-16-8-6-5-7-15(16)20(24,19(21)23)12-17(22)14-10-9-13(25-2)11-18(14)26-3/h5-11,24H,4,12H2,1-3H3/t20-/m0/s1. The van der Waals surface area contributed by atoms with Gasteiger partial charge in [-0.1, -0.05) is 18.2 Å². The van der Waals surface area contributed by atoms with E-state index in [1.165, 1.54) is 19.1 Å². The highest BCUT2D eigenvalue weighted by Crippen LogP contribution is 2.43. The predicted octanol–water partition coefficient (Wildman–Crippen LogP) is 2.53. The number of methoxy groups -OCH3 is 2. The summed E-state index contributed by atoms with van der Waals surface area (Å²) >= 11 is 0. The smallest absolute Gasteiger partial charge is 0.264 e. The van der Waals surface area contributed by atoms with E-state index < -0.39 is 11.5 Å². The van der Waals surface area contributed by atoms with Gasteiger partial charge in [0.1, 0.15) is 11.5 Å². The molecule has 2 aromatic carbocycles. The summed E-state index contributed by atoms with van der Waals surface area (Å²) in [6.45, 7) is 2.24. The van der Waals surface area contributed by atoms with Crippen LogP contribution in [0.15, 0.2) is 42.5 Å². The molecular weight excluding hydrogens is 334 g/mol. The lowest BCUT2D eigenvalue weighted by Gasteiger charge is -2.22. The first-order valence-corrected chi connectivity index (χ1v) is 8.35. The van der Waals surface area contributed by atoms with E-state index in [0.29, 0.717) is 34.9 Å². The largest absolute Gasteiger partial charge is 0.497 e. The average Bonchev–Trinajstić information content (AvgIpc) is 2.88. The zero-order chi connectivity index (χ0) is 18.9. The van der Waals surface area contributed by atoms with Gasteiger partial charge in [-0.25, -0.2) is 0 Å². The van der Waals surface area contributed by atoms with Gasteiger partial charge in [-0.2, -0.15) is 0 Å². The summed E-state index contributed by atoms with van der Waals surface area (Å²) < 4.78 is 10.4. The van der Waals surface area contributed by atoms with Crippen LogP contribution in [0.1, 0.15) is 29.3 Å². The highest BCUT2D eigenvalue weighted by Gasteiger charge is 2.50. The van der Waals surface area contributed by atoms with Gasteiger partial charge in [0.05, 0.1) is 31.9 Å². The Morgan fingerprint density at radius 3 is 2.54 bits per heavy atom. The number of ether oxygens (including phenoxy) is 2. The molecule has 1 aliphatic heterocycles. The average molecular weight is 355 g/mol. The van der Waals surface area contributed by atoms with Crippen LogP contribution >= 0.6 is 0 Å². The molecule has 0 unspecified atom stereocenters. The second-order valence-electron chi connectivity index (χ2n) is 6.09. The van der Waals surface area contributed by atoms with Crippen LogP contribution in [0.5, 0.6) is 11.5 Å². The molecule has 0 saturated heterocycles. The summed E-state index contributed by atoms with van der Waals surface area (Å²) in [5.74, 6) is 0.0238. The number of carbonyl (C=O) groups excluding carboxylic acids is 2. The molecule has 26 heavy (non-hydrogen) atoms. The van der Waals surface area contributed by atoms with Crippen LogP contribution < -0.4 is 14.4 Å². The van der Waals surface area contributed by atoms with E-state index in [4.69, 9.17) is 9.47 Å². The minimum atomic E-state index is -1.88. The summed E-state index contributed by atoms with van der Waals surface area (Å²) in [4.78, 5) is 27.2. The number of rotatable bonds is 6. The fraction of sp³-hybridized carbons (Fsp3) is 0.300. The van der Waals surface area contributed by atoms with Gasteiger partial charge in [-0.15, -0.1) is 0 Å². The van der Waals surface area contributed by atoms with Crippen LogP contribution in [0.3, 0.4) is 0 Å². The Morgan fingerprint density at radius 2 is 1.88 bits per heavy atom. The minimum Gasteiger partial charge on any atom is -0.497 e. The maximum atomic E-state index is 12.9. The van der Waals surface area contributed by atoms with Crippen LogP contribution in [-0.2, 0) is 10.4 Å². The van der Waals surface area contributed by atoms with Crippen molar-refractivity contribution in [1.82, 2.24) is 0 Å². The molecule has 136 valence electrons. The van der Waals surface area contributed by atoms with Crippen molar-refractivity contribution < 1.29 is 24.2 Å². The monoisotopic (exact) mass is 355 g/mol. The predicted molar refractivity (Wildman–Crippen MR) is 96.9 cm³/mol. The molecule has 0 saturated carbocycles. The number of ketones is 1. The number of aliphatic hydroxyl groups is 1. The second kappa shape index (κ2) is 6.80. The number of amides is 1. The minimum absolute atomic E-state index is 0.293. The molecule has 0 spiro atoms. The lowest BCUT2D eigenvalue weighted by atomic mass is 9.88. The van der Waals surface area contributed by atoms with Crippen molar-refractivity contribution in [1.29, 1.82) is 0 Å². The molecule has 3 rings (SSSR count). The molecular formula is C20H21NO5. The normalized spacial score (nSPS) is 18.6. The Kier molecular flexibility index (Phi) is 4.70. The van der Waals surface area contributed by atoms with Crippen molar-refractivity contribution in [2.75, 3.05) is 25.7 Å². The molecule has 0 fully saturated rings. The maximum Gasteiger partial charge on any atom is 0.264 e. The molecule has 1 amide bonds. The molecule has 6 heteroatoms. The van der Waals surface area contributed by atoms with Crippen molar-refractivity contribution in [3.63, 3.8) is 0 Å². The number of likely N-dealkylation sites (N-methyl/N-ethyl adjacent to an activating group) is 1. The third kappa shape index (κ3) is 2.72. The number of carbonyl (C=O) groups is 2. The third-order valence-corrected chi connectivity index (χ3v) is 4.68. The molecule has 0 bridgehead atoms. The fourth-order valence-electron chi connectivity index (χ4n) is 3.35. The molecule has 2 aromatic rings. The van der Waals surface area contributed by atoms with Crippen LogP contribution in [-0.4, -0.2) is 37.6 Å². The van der Waals surface area contributed by atoms with Gasteiger partial charge >= 0.3 is 0 Å². The van der Waals surface area contributed by atoms with E-state index in [1.54, 1.807) is 42.5 Å². The SMILES string of the molecule is CCN1C(=O)[C@](O)(CC(=O)c2ccc(OC)cc2OC)c2ccccc21.